The highest BCUT2D eigenvalue weighted by Crippen LogP contribution is 2.27. The fraction of sp³-hybridized carbons (Fsp3) is 0.318. The quantitative estimate of drug-likeness (QED) is 0.560. The van der Waals surface area contributed by atoms with E-state index in [0.29, 0.717) is 27.4 Å². The van der Waals surface area contributed by atoms with Crippen LogP contribution in [0.15, 0.2) is 41.2 Å². The fourth-order valence-electron chi connectivity index (χ4n) is 3.40. The number of ether oxygens (including phenoxy) is 2. The predicted octanol–water partition coefficient (Wildman–Crippen LogP) is 3.68. The molecule has 0 unspecified atom stereocenters. The smallest absolute Gasteiger partial charge is 0.330 e. The van der Waals surface area contributed by atoms with E-state index < -0.39 is 11.5 Å². The maximum Gasteiger partial charge on any atom is 0.330 e. The van der Waals surface area contributed by atoms with Crippen LogP contribution >= 0.6 is 11.6 Å². The van der Waals surface area contributed by atoms with E-state index in [-0.39, 0.29) is 18.8 Å². The number of rotatable bonds is 6. The molecule has 1 heterocycles. The summed E-state index contributed by atoms with van der Waals surface area (Å²) in [5.74, 6) is 0.129. The molecule has 0 aliphatic rings. The Morgan fingerprint density at radius 1 is 1.20 bits per heavy atom. The van der Waals surface area contributed by atoms with Gasteiger partial charge in [0.1, 0.15) is 12.4 Å². The van der Waals surface area contributed by atoms with Crippen molar-refractivity contribution < 1.29 is 14.3 Å². The molecule has 0 aliphatic carbocycles. The number of carbonyl (C=O) groups excluding carboxylic acids is 1. The number of aromatic nitrogens is 2. The summed E-state index contributed by atoms with van der Waals surface area (Å²) in [4.78, 5) is 24.7. The van der Waals surface area contributed by atoms with Gasteiger partial charge in [-0.15, -0.1) is 0 Å². The van der Waals surface area contributed by atoms with E-state index in [9.17, 15) is 14.9 Å². The van der Waals surface area contributed by atoms with Gasteiger partial charge in [0.15, 0.2) is 0 Å². The van der Waals surface area contributed by atoms with Crippen molar-refractivity contribution in [3.63, 3.8) is 0 Å². The first-order chi connectivity index (χ1) is 14.2. The molecule has 0 radical (unpaired) electrons. The summed E-state index contributed by atoms with van der Waals surface area (Å²) in [5, 5.41) is 9.76. The number of hydrogen-bond donors (Lipinski definition) is 0. The Hall–Kier alpha value is -3.24. The molecule has 3 rings (SSSR count). The Balaban J connectivity index is 2.17. The maximum atomic E-state index is 13.4. The molecule has 0 bridgehead atoms. The molecule has 0 saturated carbocycles. The zero-order valence-electron chi connectivity index (χ0n) is 17.2. The minimum absolute atomic E-state index is 0.0374. The summed E-state index contributed by atoms with van der Waals surface area (Å²) in [6.45, 7) is 5.27. The number of nitrogens with zero attached hydrogens (tertiary/aromatic N) is 3. The second kappa shape index (κ2) is 8.25. The van der Waals surface area contributed by atoms with Crippen molar-refractivity contribution in [1.29, 1.82) is 5.26 Å². The Kier molecular flexibility index (Phi) is 5.90. The van der Waals surface area contributed by atoms with Crippen molar-refractivity contribution in [3.05, 3.63) is 63.0 Å². The minimum Gasteiger partial charge on any atom is -0.495 e. The second-order valence-electron chi connectivity index (χ2n) is 7.58. The zero-order chi connectivity index (χ0) is 22.1. The van der Waals surface area contributed by atoms with Gasteiger partial charge in [-0.2, -0.15) is 5.26 Å². The Morgan fingerprint density at radius 2 is 1.93 bits per heavy atom. The molecule has 0 saturated heterocycles. The number of carbonyl (C=O) groups is 1. The Morgan fingerprint density at radius 3 is 2.53 bits per heavy atom. The first-order valence-electron chi connectivity index (χ1n) is 9.29. The van der Waals surface area contributed by atoms with Crippen LogP contribution in [0.4, 0.5) is 0 Å². The number of benzene rings is 2. The van der Waals surface area contributed by atoms with Crippen LogP contribution in [0.5, 0.6) is 5.75 Å². The van der Waals surface area contributed by atoms with E-state index in [4.69, 9.17) is 21.1 Å². The molecule has 7 nitrogen and oxygen atoms in total. The number of hydrogen-bond acceptors (Lipinski definition) is 5. The summed E-state index contributed by atoms with van der Waals surface area (Å²) in [6, 6.07) is 12.5. The molecule has 8 heteroatoms. The van der Waals surface area contributed by atoms with E-state index in [1.807, 2.05) is 19.9 Å². The summed E-state index contributed by atoms with van der Waals surface area (Å²) in [7, 11) is 1.54. The van der Waals surface area contributed by atoms with Crippen molar-refractivity contribution >= 4 is 28.6 Å². The van der Waals surface area contributed by atoms with Gasteiger partial charge in [-0.3, -0.25) is 13.9 Å². The van der Waals surface area contributed by atoms with Crippen molar-refractivity contribution in [2.45, 2.75) is 32.9 Å². The molecule has 0 fully saturated rings. The van der Waals surface area contributed by atoms with Crippen LogP contribution in [-0.2, 0) is 21.6 Å². The fourth-order valence-corrected chi connectivity index (χ4v) is 3.68. The van der Waals surface area contributed by atoms with Gasteiger partial charge in [0.05, 0.1) is 46.9 Å². The van der Waals surface area contributed by atoms with Gasteiger partial charge in [-0.05, 0) is 49.7 Å². The molecule has 30 heavy (non-hydrogen) atoms. The SMILES string of the molecule is COc1ccc(Cn2c(=O)n(C(C)(C)COC(C)=O)c3ccc(C#N)cc32)cc1Cl. The van der Waals surface area contributed by atoms with Crippen molar-refractivity contribution in [2.24, 2.45) is 0 Å². The lowest BCUT2D eigenvalue weighted by Crippen LogP contribution is -2.41. The molecule has 156 valence electrons. The average molecular weight is 428 g/mol. The monoisotopic (exact) mass is 427 g/mol. The second-order valence-corrected chi connectivity index (χ2v) is 7.99. The molecule has 0 amide bonds. The van der Waals surface area contributed by atoms with Crippen LogP contribution in [0.25, 0.3) is 11.0 Å². The van der Waals surface area contributed by atoms with Crippen molar-refractivity contribution in [2.75, 3.05) is 13.7 Å². The highest BCUT2D eigenvalue weighted by molar-refractivity contribution is 6.32. The largest absolute Gasteiger partial charge is 0.495 e. The third kappa shape index (κ3) is 4.05. The molecule has 3 aromatic rings. The standard InChI is InChI=1S/C22H22ClN3O4/c1-14(27)30-13-22(2,3)26-18-7-5-15(11-24)10-19(18)25(21(26)28)12-16-6-8-20(29-4)17(23)9-16/h5-10H,12-13H2,1-4H3. The van der Waals surface area contributed by atoms with Crippen LogP contribution < -0.4 is 10.4 Å². The van der Waals surface area contributed by atoms with Gasteiger partial charge >= 0.3 is 11.7 Å². The molecule has 0 N–H and O–H groups in total. The van der Waals surface area contributed by atoms with E-state index in [0.717, 1.165) is 5.56 Å². The normalized spacial score (nSPS) is 11.3. The van der Waals surface area contributed by atoms with Gasteiger partial charge in [0.25, 0.3) is 0 Å². The van der Waals surface area contributed by atoms with Crippen molar-refractivity contribution in [3.8, 4) is 11.8 Å². The van der Waals surface area contributed by atoms with Crippen LogP contribution in [0.2, 0.25) is 5.02 Å². The van der Waals surface area contributed by atoms with Crippen LogP contribution in [0.3, 0.4) is 0 Å². The third-order valence-electron chi connectivity index (χ3n) is 4.85. The summed E-state index contributed by atoms with van der Waals surface area (Å²) in [5.41, 5.74) is 1.45. The Labute approximate surface area is 179 Å². The topological polar surface area (TPSA) is 86.2 Å². The Bertz CT molecular complexity index is 1220. The van der Waals surface area contributed by atoms with E-state index in [1.165, 1.54) is 14.0 Å². The number of halogens is 1. The molecule has 2 aromatic carbocycles. The first-order valence-corrected chi connectivity index (χ1v) is 9.67. The molecule has 0 aliphatic heterocycles. The van der Waals surface area contributed by atoms with Gasteiger partial charge in [-0.1, -0.05) is 17.7 Å². The van der Waals surface area contributed by atoms with Crippen LogP contribution in [-0.4, -0.2) is 28.8 Å². The van der Waals surface area contributed by atoms with Crippen LogP contribution in [0, 0.1) is 11.3 Å². The highest BCUT2D eigenvalue weighted by Gasteiger charge is 2.28. The molecule has 1 aromatic heterocycles. The third-order valence-corrected chi connectivity index (χ3v) is 5.14. The molecular weight excluding hydrogens is 406 g/mol. The van der Waals surface area contributed by atoms with Crippen molar-refractivity contribution in [1.82, 2.24) is 9.13 Å². The zero-order valence-corrected chi connectivity index (χ0v) is 18.0. The average Bonchev–Trinajstić information content (AvgIpc) is 2.98. The lowest BCUT2D eigenvalue weighted by molar-refractivity contribution is -0.143. The lowest BCUT2D eigenvalue weighted by atomic mass is 10.1. The summed E-state index contributed by atoms with van der Waals surface area (Å²) < 4.78 is 13.6. The molecule has 0 spiro atoms. The first kappa shape index (κ1) is 21.5. The van der Waals surface area contributed by atoms with Gasteiger partial charge in [-0.25, -0.2) is 4.79 Å². The summed E-state index contributed by atoms with van der Waals surface area (Å²) in [6.07, 6.45) is 0. The van der Waals surface area contributed by atoms with Crippen LogP contribution in [0.1, 0.15) is 31.9 Å². The maximum absolute atomic E-state index is 13.4. The van der Waals surface area contributed by atoms with Gasteiger partial charge in [0.2, 0.25) is 0 Å². The number of imidazole rings is 1. The van der Waals surface area contributed by atoms with E-state index in [1.54, 1.807) is 39.5 Å². The lowest BCUT2D eigenvalue weighted by Gasteiger charge is -2.25. The molecular formula is C22H22ClN3O4. The van der Waals surface area contributed by atoms with E-state index >= 15 is 0 Å². The van der Waals surface area contributed by atoms with Gasteiger partial charge < -0.3 is 9.47 Å². The van der Waals surface area contributed by atoms with E-state index in [2.05, 4.69) is 6.07 Å². The number of methoxy groups -OCH3 is 1. The number of esters is 1. The summed E-state index contributed by atoms with van der Waals surface area (Å²) >= 11 is 6.24. The number of nitriles is 1. The highest BCUT2D eigenvalue weighted by atomic mass is 35.5. The van der Waals surface area contributed by atoms with Gasteiger partial charge in [0, 0.05) is 6.92 Å². The number of fused-ring (bicyclic) bond motifs is 1. The predicted molar refractivity (Wildman–Crippen MR) is 114 cm³/mol. The molecule has 0 atom stereocenters. The minimum atomic E-state index is -0.794.